The van der Waals surface area contributed by atoms with Crippen molar-refractivity contribution in [3.63, 3.8) is 0 Å². The highest BCUT2D eigenvalue weighted by Crippen LogP contribution is 2.63. The fraction of sp³-hybridized carbons (Fsp3) is 0.483. The molecule has 0 aromatic heterocycles. The topological polar surface area (TPSA) is 44.8 Å². The molecule has 0 bridgehead atoms. The third kappa shape index (κ3) is 3.84. The minimum Gasteiger partial charge on any atom is -0.497 e. The summed E-state index contributed by atoms with van der Waals surface area (Å²) in [5, 5.41) is 0. The number of esters is 1. The number of methoxy groups -OCH3 is 2. The standard InChI is InChI=1S/C29H34O4/c1-18(30)33-28-21(15-19-5-8-22(31-3)9-6-19)17-27-26-11-7-20-16-23(32-4)10-12-24(20)25(26)13-14-29(27,28)2/h5-6,8-10,12,15-16,25-28H,7,11,13-14,17H2,1-4H3/b21-15+/t25-,26-,27-,28+,29-/m0/s1. The Bertz CT molecular complexity index is 1070. The van der Waals surface area contributed by atoms with E-state index in [-0.39, 0.29) is 17.5 Å². The zero-order valence-electron chi connectivity index (χ0n) is 20.1. The van der Waals surface area contributed by atoms with Gasteiger partial charge in [-0.3, -0.25) is 4.79 Å². The predicted molar refractivity (Wildman–Crippen MR) is 130 cm³/mol. The second-order valence-corrected chi connectivity index (χ2v) is 10.2. The normalized spacial score (nSPS) is 31.3. The third-order valence-corrected chi connectivity index (χ3v) is 8.51. The maximum atomic E-state index is 12.1. The summed E-state index contributed by atoms with van der Waals surface area (Å²) in [6.45, 7) is 3.90. The van der Waals surface area contributed by atoms with Crippen LogP contribution in [-0.2, 0) is 16.0 Å². The molecule has 0 amide bonds. The first-order chi connectivity index (χ1) is 15.9. The summed E-state index contributed by atoms with van der Waals surface area (Å²) in [6.07, 6.45) is 7.58. The lowest BCUT2D eigenvalue weighted by Gasteiger charge is -2.50. The third-order valence-electron chi connectivity index (χ3n) is 8.51. The van der Waals surface area contributed by atoms with Crippen molar-refractivity contribution in [1.82, 2.24) is 0 Å². The van der Waals surface area contributed by atoms with E-state index in [1.165, 1.54) is 30.0 Å². The smallest absolute Gasteiger partial charge is 0.303 e. The van der Waals surface area contributed by atoms with Crippen LogP contribution in [0.2, 0.25) is 0 Å². The van der Waals surface area contributed by atoms with E-state index in [4.69, 9.17) is 14.2 Å². The Morgan fingerprint density at radius 1 is 1.03 bits per heavy atom. The van der Waals surface area contributed by atoms with Crippen molar-refractivity contribution in [2.75, 3.05) is 14.2 Å². The quantitative estimate of drug-likeness (QED) is 0.526. The van der Waals surface area contributed by atoms with Gasteiger partial charge in [-0.15, -0.1) is 0 Å². The predicted octanol–water partition coefficient (Wildman–Crippen LogP) is 6.19. The molecule has 0 aliphatic heterocycles. The van der Waals surface area contributed by atoms with Crippen LogP contribution in [-0.4, -0.2) is 26.3 Å². The van der Waals surface area contributed by atoms with Crippen molar-refractivity contribution in [1.29, 1.82) is 0 Å². The molecule has 2 fully saturated rings. The van der Waals surface area contributed by atoms with Crippen LogP contribution in [0, 0.1) is 17.3 Å². The maximum absolute atomic E-state index is 12.1. The Labute approximate surface area is 196 Å². The highest BCUT2D eigenvalue weighted by atomic mass is 16.5. The number of benzene rings is 2. The minimum atomic E-state index is -0.189. The van der Waals surface area contributed by atoms with Crippen LogP contribution in [0.4, 0.5) is 0 Å². The zero-order chi connectivity index (χ0) is 23.2. The van der Waals surface area contributed by atoms with E-state index in [9.17, 15) is 4.79 Å². The molecule has 2 aromatic carbocycles. The van der Waals surface area contributed by atoms with Gasteiger partial charge in [-0.05, 0) is 96.4 Å². The van der Waals surface area contributed by atoms with Crippen LogP contribution in [0.3, 0.4) is 0 Å². The number of carbonyl (C=O) groups excluding carboxylic acids is 1. The fourth-order valence-corrected chi connectivity index (χ4v) is 6.95. The molecule has 4 nitrogen and oxygen atoms in total. The molecule has 5 atom stereocenters. The molecule has 0 N–H and O–H groups in total. The van der Waals surface area contributed by atoms with E-state index in [1.807, 2.05) is 12.1 Å². The average molecular weight is 447 g/mol. The van der Waals surface area contributed by atoms with E-state index in [0.717, 1.165) is 42.7 Å². The monoisotopic (exact) mass is 446 g/mol. The first-order valence-electron chi connectivity index (χ1n) is 12.1. The summed E-state index contributed by atoms with van der Waals surface area (Å²) in [5.74, 6) is 3.32. The maximum Gasteiger partial charge on any atom is 0.303 e. The van der Waals surface area contributed by atoms with E-state index in [1.54, 1.807) is 14.2 Å². The van der Waals surface area contributed by atoms with Gasteiger partial charge < -0.3 is 14.2 Å². The number of hydrogen-bond acceptors (Lipinski definition) is 4. The highest BCUT2D eigenvalue weighted by molar-refractivity contribution is 5.67. The highest BCUT2D eigenvalue weighted by Gasteiger charge is 2.58. The number of ether oxygens (including phenoxy) is 3. The largest absolute Gasteiger partial charge is 0.497 e. The second-order valence-electron chi connectivity index (χ2n) is 10.2. The Kier molecular flexibility index (Phi) is 5.72. The van der Waals surface area contributed by atoms with Crippen molar-refractivity contribution in [3.8, 4) is 11.5 Å². The van der Waals surface area contributed by atoms with Crippen LogP contribution in [0.5, 0.6) is 11.5 Å². The second kappa shape index (κ2) is 8.55. The zero-order valence-corrected chi connectivity index (χ0v) is 20.1. The lowest BCUT2D eigenvalue weighted by atomic mass is 9.55. The molecule has 2 aromatic rings. The SMILES string of the molecule is COc1ccc(/C=C2\C[C@H]3[C@H]4CCc5cc(OC)ccc5[C@@H]4CC[C@]3(C)[C@@H]2OC(C)=O)cc1. The molecule has 3 aliphatic rings. The summed E-state index contributed by atoms with van der Waals surface area (Å²) in [6, 6.07) is 14.8. The summed E-state index contributed by atoms with van der Waals surface area (Å²) >= 11 is 0. The van der Waals surface area contributed by atoms with Gasteiger partial charge in [0.05, 0.1) is 14.2 Å². The van der Waals surface area contributed by atoms with Gasteiger partial charge in [0.15, 0.2) is 0 Å². The van der Waals surface area contributed by atoms with E-state index in [0.29, 0.717) is 17.8 Å². The number of fused-ring (bicyclic) bond motifs is 5. The van der Waals surface area contributed by atoms with Crippen molar-refractivity contribution in [2.24, 2.45) is 17.3 Å². The van der Waals surface area contributed by atoms with Crippen LogP contribution in [0.15, 0.2) is 48.0 Å². The van der Waals surface area contributed by atoms with Gasteiger partial charge >= 0.3 is 5.97 Å². The van der Waals surface area contributed by atoms with Crippen LogP contribution in [0.25, 0.3) is 6.08 Å². The number of rotatable bonds is 4. The van der Waals surface area contributed by atoms with Gasteiger partial charge in [0.1, 0.15) is 17.6 Å². The molecule has 2 saturated carbocycles. The first-order valence-corrected chi connectivity index (χ1v) is 12.1. The van der Waals surface area contributed by atoms with Crippen LogP contribution < -0.4 is 9.47 Å². The molecule has 0 heterocycles. The lowest BCUT2D eigenvalue weighted by molar-refractivity contribution is -0.152. The molecule has 0 unspecified atom stereocenters. The van der Waals surface area contributed by atoms with Gasteiger partial charge in [0, 0.05) is 12.3 Å². The molecule has 3 aliphatic carbocycles. The number of hydrogen-bond donors (Lipinski definition) is 0. The molecule has 5 rings (SSSR count). The van der Waals surface area contributed by atoms with E-state index < -0.39 is 0 Å². The first kappa shape index (κ1) is 22.1. The van der Waals surface area contributed by atoms with E-state index in [2.05, 4.69) is 43.3 Å². The fourth-order valence-electron chi connectivity index (χ4n) is 6.95. The summed E-state index contributed by atoms with van der Waals surface area (Å²) in [5.41, 5.74) is 5.31. The summed E-state index contributed by atoms with van der Waals surface area (Å²) in [4.78, 5) is 12.1. The number of carbonyl (C=O) groups is 1. The van der Waals surface area contributed by atoms with Gasteiger partial charge in [-0.1, -0.05) is 31.2 Å². The molecular weight excluding hydrogens is 412 g/mol. The van der Waals surface area contributed by atoms with Gasteiger partial charge in [0.2, 0.25) is 0 Å². The molecule has 0 spiro atoms. The van der Waals surface area contributed by atoms with Crippen LogP contribution >= 0.6 is 0 Å². The van der Waals surface area contributed by atoms with Crippen LogP contribution in [0.1, 0.15) is 62.1 Å². The molecule has 4 heteroatoms. The van der Waals surface area contributed by atoms with Gasteiger partial charge in [-0.2, -0.15) is 0 Å². The molecule has 0 saturated heterocycles. The van der Waals surface area contributed by atoms with Crippen molar-refractivity contribution >= 4 is 12.0 Å². The minimum absolute atomic E-state index is 0.0187. The summed E-state index contributed by atoms with van der Waals surface area (Å²) < 4.78 is 16.8. The molecule has 33 heavy (non-hydrogen) atoms. The average Bonchev–Trinajstić information content (AvgIpc) is 3.10. The van der Waals surface area contributed by atoms with Crippen molar-refractivity contribution in [3.05, 3.63) is 64.7 Å². The summed E-state index contributed by atoms with van der Waals surface area (Å²) in [7, 11) is 3.42. The molecule has 174 valence electrons. The Morgan fingerprint density at radius 3 is 2.45 bits per heavy atom. The van der Waals surface area contributed by atoms with Crippen molar-refractivity contribution < 1.29 is 19.0 Å². The molecular formula is C29H34O4. The lowest BCUT2D eigenvalue weighted by Crippen LogP contribution is -2.45. The van der Waals surface area contributed by atoms with Crippen molar-refractivity contribution in [2.45, 2.75) is 58.0 Å². The van der Waals surface area contributed by atoms with E-state index >= 15 is 0 Å². The Hall–Kier alpha value is -2.75. The van der Waals surface area contributed by atoms with Gasteiger partial charge in [-0.25, -0.2) is 0 Å². The Morgan fingerprint density at radius 2 is 1.76 bits per heavy atom. The number of aryl methyl sites for hydroxylation is 1. The Balaban J connectivity index is 1.49. The van der Waals surface area contributed by atoms with Gasteiger partial charge in [0.25, 0.3) is 0 Å². The molecule has 0 radical (unpaired) electrons.